The zero-order chi connectivity index (χ0) is 20.5. The van der Waals surface area contributed by atoms with Gasteiger partial charge in [0.2, 0.25) is 0 Å². The summed E-state index contributed by atoms with van der Waals surface area (Å²) >= 11 is 0. The van der Waals surface area contributed by atoms with Crippen molar-refractivity contribution in [1.82, 2.24) is 0 Å². The topological polar surface area (TPSA) is 55.4 Å². The third kappa shape index (κ3) is 11.1. The van der Waals surface area contributed by atoms with Crippen LogP contribution >= 0.6 is 0 Å². The van der Waals surface area contributed by atoms with Gasteiger partial charge in [0, 0.05) is 14.2 Å². The van der Waals surface area contributed by atoms with Crippen molar-refractivity contribution in [3.63, 3.8) is 0 Å². The molecule has 1 rings (SSSR count). The molecule has 0 aliphatic rings. The van der Waals surface area contributed by atoms with E-state index in [1.807, 2.05) is 13.8 Å². The molecule has 0 aliphatic carbocycles. The van der Waals surface area contributed by atoms with Crippen LogP contribution in [0.25, 0.3) is 11.1 Å². The molecule has 0 saturated carbocycles. The Labute approximate surface area is 169 Å². The number of benzene rings is 1. The summed E-state index contributed by atoms with van der Waals surface area (Å²) in [4.78, 5) is 0. The molecule has 1 aromatic rings. The highest BCUT2D eigenvalue weighted by molar-refractivity contribution is 5.68. The standard InChI is InChI=1S/C22H34O6/c1-19(17-27-15-13-25-11-9-23-3)21-5-7-22(8-6-21)20(2)18-28-16-14-26-12-10-24-4/h5-8,17-18H,9-16H2,1-4H3/b19-17+,20-18+. The number of hydrogen-bond acceptors (Lipinski definition) is 6. The van der Waals surface area contributed by atoms with E-state index in [4.69, 9.17) is 28.4 Å². The molecule has 0 aromatic heterocycles. The second kappa shape index (κ2) is 16.1. The van der Waals surface area contributed by atoms with Gasteiger partial charge >= 0.3 is 0 Å². The van der Waals surface area contributed by atoms with Crippen LogP contribution in [0.5, 0.6) is 0 Å². The largest absolute Gasteiger partial charge is 0.498 e. The molecular formula is C22H34O6. The van der Waals surface area contributed by atoms with Crippen molar-refractivity contribution in [3.8, 4) is 0 Å². The van der Waals surface area contributed by atoms with Crippen molar-refractivity contribution in [2.24, 2.45) is 0 Å². The molecule has 0 unspecified atom stereocenters. The summed E-state index contributed by atoms with van der Waals surface area (Å²) < 4.78 is 31.6. The smallest absolute Gasteiger partial charge is 0.111 e. The molecule has 0 fully saturated rings. The van der Waals surface area contributed by atoms with Crippen molar-refractivity contribution in [1.29, 1.82) is 0 Å². The van der Waals surface area contributed by atoms with Crippen LogP contribution in [0.15, 0.2) is 36.8 Å². The second-order valence-corrected chi connectivity index (χ2v) is 6.13. The Morgan fingerprint density at radius 2 is 0.964 bits per heavy atom. The van der Waals surface area contributed by atoms with E-state index in [0.717, 1.165) is 22.3 Å². The summed E-state index contributed by atoms with van der Waals surface area (Å²) in [5.41, 5.74) is 4.36. The number of allylic oxidation sites excluding steroid dienone is 2. The van der Waals surface area contributed by atoms with Crippen LogP contribution in [0.4, 0.5) is 0 Å². The molecule has 0 amide bonds. The SMILES string of the molecule is COCCOCCO/C=C(\C)c1ccc(/C(C)=C/OCCOCCOC)cc1. The molecule has 0 heterocycles. The molecule has 0 saturated heterocycles. The van der Waals surface area contributed by atoms with Crippen LogP contribution in [-0.4, -0.2) is 67.1 Å². The predicted octanol–water partition coefficient (Wildman–Crippen LogP) is 3.77. The molecule has 1 aromatic carbocycles. The molecule has 0 spiro atoms. The van der Waals surface area contributed by atoms with E-state index >= 15 is 0 Å². The number of hydrogen-bond donors (Lipinski definition) is 0. The Hall–Kier alpha value is -1.86. The van der Waals surface area contributed by atoms with Gasteiger partial charge in [-0.3, -0.25) is 0 Å². The summed E-state index contributed by atoms with van der Waals surface area (Å²) in [6, 6.07) is 8.30. The molecule has 0 atom stereocenters. The summed E-state index contributed by atoms with van der Waals surface area (Å²) in [5.74, 6) is 0. The Morgan fingerprint density at radius 1 is 0.607 bits per heavy atom. The molecule has 0 N–H and O–H groups in total. The van der Waals surface area contributed by atoms with Gasteiger partial charge < -0.3 is 28.4 Å². The van der Waals surface area contributed by atoms with Crippen molar-refractivity contribution >= 4 is 11.1 Å². The summed E-state index contributed by atoms with van der Waals surface area (Å²) in [6.45, 7) is 8.56. The van der Waals surface area contributed by atoms with Gasteiger partial charge in [-0.05, 0) is 36.1 Å². The Balaban J connectivity index is 2.34. The third-order valence-electron chi connectivity index (χ3n) is 3.87. The van der Waals surface area contributed by atoms with Gasteiger partial charge in [0.25, 0.3) is 0 Å². The van der Waals surface area contributed by atoms with Gasteiger partial charge in [0.05, 0.1) is 52.2 Å². The maximum absolute atomic E-state index is 5.53. The second-order valence-electron chi connectivity index (χ2n) is 6.13. The van der Waals surface area contributed by atoms with Crippen molar-refractivity contribution < 1.29 is 28.4 Å². The minimum Gasteiger partial charge on any atom is -0.498 e. The van der Waals surface area contributed by atoms with E-state index in [1.54, 1.807) is 26.7 Å². The monoisotopic (exact) mass is 394 g/mol. The average molecular weight is 395 g/mol. The maximum Gasteiger partial charge on any atom is 0.111 e. The van der Waals surface area contributed by atoms with Gasteiger partial charge in [-0.25, -0.2) is 0 Å². The number of rotatable bonds is 16. The molecule has 0 bridgehead atoms. The number of ether oxygens (including phenoxy) is 6. The zero-order valence-electron chi connectivity index (χ0n) is 17.6. The Bertz CT molecular complexity index is 514. The normalized spacial score (nSPS) is 12.3. The highest BCUT2D eigenvalue weighted by Crippen LogP contribution is 2.19. The van der Waals surface area contributed by atoms with Crippen molar-refractivity contribution in [2.45, 2.75) is 13.8 Å². The summed E-state index contributed by atoms with van der Waals surface area (Å²) in [6.07, 6.45) is 3.54. The minimum absolute atomic E-state index is 0.521. The fourth-order valence-corrected chi connectivity index (χ4v) is 2.20. The van der Waals surface area contributed by atoms with Crippen LogP contribution in [0, 0.1) is 0 Å². The van der Waals surface area contributed by atoms with Crippen LogP contribution in [0.3, 0.4) is 0 Å². The van der Waals surface area contributed by atoms with Crippen molar-refractivity contribution in [2.75, 3.05) is 67.1 Å². The van der Waals surface area contributed by atoms with Crippen LogP contribution in [0.2, 0.25) is 0 Å². The molecule has 28 heavy (non-hydrogen) atoms. The van der Waals surface area contributed by atoms with Gasteiger partial charge in [0.1, 0.15) is 13.2 Å². The van der Waals surface area contributed by atoms with E-state index in [-0.39, 0.29) is 0 Å². The van der Waals surface area contributed by atoms with Crippen molar-refractivity contribution in [3.05, 3.63) is 47.9 Å². The van der Waals surface area contributed by atoms with Gasteiger partial charge in [-0.15, -0.1) is 0 Å². The molecule has 6 heteroatoms. The van der Waals surface area contributed by atoms with Crippen LogP contribution < -0.4 is 0 Å². The lowest BCUT2D eigenvalue weighted by atomic mass is 10.0. The molecule has 6 nitrogen and oxygen atoms in total. The van der Waals surface area contributed by atoms with Crippen LogP contribution in [-0.2, 0) is 28.4 Å². The van der Waals surface area contributed by atoms with E-state index in [9.17, 15) is 0 Å². The van der Waals surface area contributed by atoms with Crippen LogP contribution in [0.1, 0.15) is 25.0 Å². The van der Waals surface area contributed by atoms with Gasteiger partial charge in [-0.1, -0.05) is 24.3 Å². The van der Waals surface area contributed by atoms with Gasteiger partial charge in [-0.2, -0.15) is 0 Å². The first-order valence-corrected chi connectivity index (χ1v) is 9.50. The van der Waals surface area contributed by atoms with E-state index < -0.39 is 0 Å². The fourth-order valence-electron chi connectivity index (χ4n) is 2.20. The molecular weight excluding hydrogens is 360 g/mol. The van der Waals surface area contributed by atoms with Gasteiger partial charge in [0.15, 0.2) is 0 Å². The third-order valence-corrected chi connectivity index (χ3v) is 3.87. The van der Waals surface area contributed by atoms with E-state index in [0.29, 0.717) is 52.9 Å². The Kier molecular flexibility index (Phi) is 13.9. The molecule has 0 radical (unpaired) electrons. The highest BCUT2D eigenvalue weighted by atomic mass is 16.5. The van der Waals surface area contributed by atoms with E-state index in [2.05, 4.69) is 24.3 Å². The first-order valence-electron chi connectivity index (χ1n) is 9.50. The fraction of sp³-hybridized carbons (Fsp3) is 0.545. The van der Waals surface area contributed by atoms with E-state index in [1.165, 1.54) is 0 Å². The lowest BCUT2D eigenvalue weighted by Crippen LogP contribution is -2.06. The maximum atomic E-state index is 5.53. The lowest BCUT2D eigenvalue weighted by Gasteiger charge is -2.08. The quantitative estimate of drug-likeness (QED) is 0.314. The highest BCUT2D eigenvalue weighted by Gasteiger charge is 2.00. The lowest BCUT2D eigenvalue weighted by molar-refractivity contribution is 0.0465. The summed E-state index contributed by atoms with van der Waals surface area (Å²) in [5, 5.41) is 0. The first-order chi connectivity index (χ1) is 13.7. The number of methoxy groups -OCH3 is 2. The zero-order valence-corrected chi connectivity index (χ0v) is 17.6. The minimum atomic E-state index is 0.521. The predicted molar refractivity (Wildman–Crippen MR) is 111 cm³/mol. The Morgan fingerprint density at radius 3 is 1.32 bits per heavy atom. The molecule has 158 valence electrons. The molecule has 0 aliphatic heterocycles. The average Bonchev–Trinajstić information content (AvgIpc) is 2.72. The summed E-state index contributed by atoms with van der Waals surface area (Å²) in [7, 11) is 3.31. The first kappa shape index (κ1) is 24.2.